The lowest BCUT2D eigenvalue weighted by molar-refractivity contribution is -0.147. The maximum Gasteiger partial charge on any atom is 0.326 e. The smallest absolute Gasteiger partial charge is 0.326 e. The predicted molar refractivity (Wildman–Crippen MR) is 90.3 cm³/mol. The van der Waals surface area contributed by atoms with E-state index in [2.05, 4.69) is 5.32 Å². The topological polar surface area (TPSA) is 160 Å². The van der Waals surface area contributed by atoms with Crippen LogP contribution < -0.4 is 24.8 Å². The molecule has 1 unspecified atom stereocenters. The van der Waals surface area contributed by atoms with Gasteiger partial charge in [0.2, 0.25) is 11.7 Å². The second-order valence-electron chi connectivity index (χ2n) is 5.15. The van der Waals surface area contributed by atoms with Crippen LogP contribution in [-0.4, -0.2) is 67.9 Å². The van der Waals surface area contributed by atoms with Crippen LogP contribution in [0.2, 0.25) is 0 Å². The van der Waals surface area contributed by atoms with E-state index >= 15 is 0 Å². The molecule has 11 heteroatoms. The zero-order valence-corrected chi connectivity index (χ0v) is 14.9. The first-order valence-corrected chi connectivity index (χ1v) is 7.55. The molecule has 11 nitrogen and oxygen atoms in total. The first-order chi connectivity index (χ1) is 12.7. The molecular formula is C16H20N2O9. The van der Waals surface area contributed by atoms with Gasteiger partial charge in [-0.1, -0.05) is 0 Å². The number of carbonyl (C=O) groups is 4. The number of rotatable bonds is 10. The standard InChI is InChI=1S/C16H20N2O9/c1-25-10-4-8(5-11(26-2)14(10)27-3)15(22)17-7-12(19)18-9(16(23)24)6-13(20)21/h4-5,9H,6-7H2,1-3H3,(H,17,22)(H,18,19)(H,20,21)(H,23,24). The van der Waals surface area contributed by atoms with E-state index in [0.717, 1.165) is 0 Å². The highest BCUT2D eigenvalue weighted by Crippen LogP contribution is 2.38. The van der Waals surface area contributed by atoms with Crippen molar-refractivity contribution < 1.29 is 43.6 Å². The van der Waals surface area contributed by atoms with Gasteiger partial charge in [0, 0.05) is 5.56 Å². The average molecular weight is 384 g/mol. The summed E-state index contributed by atoms with van der Waals surface area (Å²) in [6.07, 6.45) is -0.790. The number of hydrogen-bond acceptors (Lipinski definition) is 7. The van der Waals surface area contributed by atoms with Gasteiger partial charge in [0.25, 0.3) is 5.91 Å². The van der Waals surface area contributed by atoms with Gasteiger partial charge in [-0.2, -0.15) is 0 Å². The minimum Gasteiger partial charge on any atom is -0.493 e. The van der Waals surface area contributed by atoms with E-state index in [0.29, 0.717) is 0 Å². The molecule has 1 atom stereocenters. The van der Waals surface area contributed by atoms with E-state index in [4.69, 9.17) is 24.4 Å². The zero-order valence-electron chi connectivity index (χ0n) is 14.9. The highest BCUT2D eigenvalue weighted by molar-refractivity contribution is 5.98. The molecule has 4 N–H and O–H groups in total. The summed E-state index contributed by atoms with van der Waals surface area (Å²) in [7, 11) is 4.16. The third-order valence-corrected chi connectivity index (χ3v) is 3.35. The number of carboxylic acids is 2. The lowest BCUT2D eigenvalue weighted by Crippen LogP contribution is -2.46. The minimum atomic E-state index is -1.60. The van der Waals surface area contributed by atoms with Crippen LogP contribution in [0.25, 0.3) is 0 Å². The molecule has 0 radical (unpaired) electrons. The van der Waals surface area contributed by atoms with Crippen LogP contribution >= 0.6 is 0 Å². The van der Waals surface area contributed by atoms with Gasteiger partial charge in [0.1, 0.15) is 6.04 Å². The van der Waals surface area contributed by atoms with Gasteiger partial charge in [0.15, 0.2) is 11.5 Å². The zero-order chi connectivity index (χ0) is 20.6. The number of amides is 2. The molecule has 0 saturated heterocycles. The van der Waals surface area contributed by atoms with Crippen molar-refractivity contribution in [2.45, 2.75) is 12.5 Å². The fraction of sp³-hybridized carbons (Fsp3) is 0.375. The maximum atomic E-state index is 12.2. The molecule has 0 aliphatic heterocycles. The monoisotopic (exact) mass is 384 g/mol. The minimum absolute atomic E-state index is 0.109. The quantitative estimate of drug-likeness (QED) is 0.416. The van der Waals surface area contributed by atoms with E-state index in [1.54, 1.807) is 0 Å². The average Bonchev–Trinajstić information content (AvgIpc) is 2.63. The van der Waals surface area contributed by atoms with E-state index in [1.807, 2.05) is 5.32 Å². The Kier molecular flexibility index (Phi) is 7.86. The van der Waals surface area contributed by atoms with Crippen LogP contribution in [0.5, 0.6) is 17.2 Å². The van der Waals surface area contributed by atoms with Crippen molar-refractivity contribution >= 4 is 23.8 Å². The number of aliphatic carboxylic acids is 2. The van der Waals surface area contributed by atoms with E-state index in [9.17, 15) is 19.2 Å². The third kappa shape index (κ3) is 6.06. The normalized spacial score (nSPS) is 11.1. The van der Waals surface area contributed by atoms with Gasteiger partial charge in [0.05, 0.1) is 34.3 Å². The van der Waals surface area contributed by atoms with Crippen LogP contribution in [0.4, 0.5) is 0 Å². The molecule has 0 spiro atoms. The molecule has 27 heavy (non-hydrogen) atoms. The second kappa shape index (κ2) is 9.85. The molecule has 1 rings (SSSR count). The Hall–Kier alpha value is -3.50. The van der Waals surface area contributed by atoms with E-state index < -0.39 is 42.8 Å². The summed E-state index contributed by atoms with van der Waals surface area (Å²) < 4.78 is 15.4. The largest absolute Gasteiger partial charge is 0.493 e. The molecule has 0 aliphatic rings. The molecular weight excluding hydrogens is 364 g/mol. The summed E-state index contributed by atoms with van der Waals surface area (Å²) >= 11 is 0. The van der Waals surface area contributed by atoms with Gasteiger partial charge in [-0.15, -0.1) is 0 Å². The SMILES string of the molecule is COc1cc(C(=O)NCC(=O)NC(CC(=O)O)C(=O)O)cc(OC)c1OC. The second-order valence-corrected chi connectivity index (χ2v) is 5.15. The molecule has 1 aromatic rings. The fourth-order valence-corrected chi connectivity index (χ4v) is 2.09. The van der Waals surface area contributed by atoms with E-state index in [1.165, 1.54) is 33.5 Å². The number of carboxylic acid groups (broad SMARTS) is 2. The summed E-state index contributed by atoms with van der Waals surface area (Å²) in [5.74, 6) is -3.64. The van der Waals surface area contributed by atoms with Crippen molar-refractivity contribution in [3.63, 3.8) is 0 Å². The summed E-state index contributed by atoms with van der Waals surface area (Å²) in [6, 6.07) is 1.14. The van der Waals surface area contributed by atoms with Gasteiger partial charge in [-0.05, 0) is 12.1 Å². The Bertz CT molecular complexity index is 708. The number of ether oxygens (including phenoxy) is 3. The van der Waals surface area contributed by atoms with Gasteiger partial charge in [-0.3, -0.25) is 14.4 Å². The number of nitrogens with one attached hydrogen (secondary N) is 2. The Morgan fingerprint density at radius 1 is 1.00 bits per heavy atom. The third-order valence-electron chi connectivity index (χ3n) is 3.35. The molecule has 0 aromatic heterocycles. The summed E-state index contributed by atoms with van der Waals surface area (Å²) in [6.45, 7) is -0.557. The molecule has 0 bridgehead atoms. The van der Waals surface area contributed by atoms with Crippen LogP contribution in [0.3, 0.4) is 0 Å². The van der Waals surface area contributed by atoms with Gasteiger partial charge >= 0.3 is 11.9 Å². The molecule has 0 fully saturated rings. The Labute approximate surface area is 154 Å². The van der Waals surface area contributed by atoms with Crippen molar-refractivity contribution in [3.05, 3.63) is 17.7 Å². The molecule has 1 aromatic carbocycles. The first-order valence-electron chi connectivity index (χ1n) is 7.55. The van der Waals surface area contributed by atoms with Crippen molar-refractivity contribution in [2.75, 3.05) is 27.9 Å². The number of hydrogen-bond donors (Lipinski definition) is 4. The molecule has 0 saturated carbocycles. The molecule has 148 valence electrons. The van der Waals surface area contributed by atoms with E-state index in [-0.39, 0.29) is 22.8 Å². The fourth-order valence-electron chi connectivity index (χ4n) is 2.09. The first kappa shape index (κ1) is 21.5. The Morgan fingerprint density at radius 3 is 1.96 bits per heavy atom. The van der Waals surface area contributed by atoms with Gasteiger partial charge < -0.3 is 35.1 Å². The maximum absolute atomic E-state index is 12.2. The number of carbonyl (C=O) groups excluding carboxylic acids is 2. The molecule has 0 heterocycles. The number of benzene rings is 1. The lowest BCUT2D eigenvalue weighted by Gasteiger charge is -2.15. The summed E-state index contributed by atoms with van der Waals surface area (Å²) in [4.78, 5) is 45.5. The Balaban J connectivity index is 2.80. The van der Waals surface area contributed by atoms with Gasteiger partial charge in [-0.25, -0.2) is 4.79 Å². The molecule has 0 aliphatic carbocycles. The summed E-state index contributed by atoms with van der Waals surface area (Å²) in [5.41, 5.74) is 0.109. The highest BCUT2D eigenvalue weighted by atomic mass is 16.5. The van der Waals surface area contributed by atoms with Crippen molar-refractivity contribution in [3.8, 4) is 17.2 Å². The Morgan fingerprint density at radius 2 is 1.56 bits per heavy atom. The highest BCUT2D eigenvalue weighted by Gasteiger charge is 2.23. The van der Waals surface area contributed by atoms with Crippen molar-refractivity contribution in [1.82, 2.24) is 10.6 Å². The van der Waals surface area contributed by atoms with Crippen LogP contribution in [0.1, 0.15) is 16.8 Å². The van der Waals surface area contributed by atoms with Crippen molar-refractivity contribution in [2.24, 2.45) is 0 Å². The number of methoxy groups -OCH3 is 3. The molecule has 2 amide bonds. The van der Waals surface area contributed by atoms with Crippen LogP contribution in [0, 0.1) is 0 Å². The lowest BCUT2D eigenvalue weighted by atomic mass is 10.1. The van der Waals surface area contributed by atoms with Crippen LogP contribution in [0.15, 0.2) is 12.1 Å². The van der Waals surface area contributed by atoms with Crippen LogP contribution in [-0.2, 0) is 14.4 Å². The van der Waals surface area contributed by atoms with Crippen molar-refractivity contribution in [1.29, 1.82) is 0 Å². The predicted octanol–water partition coefficient (Wildman–Crippen LogP) is -0.514. The summed E-state index contributed by atoms with van der Waals surface area (Å²) in [5, 5.41) is 21.8.